The van der Waals surface area contributed by atoms with Gasteiger partial charge in [0, 0.05) is 18.0 Å². The van der Waals surface area contributed by atoms with Gasteiger partial charge < -0.3 is 14.7 Å². The molecule has 1 aromatic heterocycles. The second kappa shape index (κ2) is 7.65. The highest BCUT2D eigenvalue weighted by Gasteiger charge is 2.12. The summed E-state index contributed by atoms with van der Waals surface area (Å²) >= 11 is 7.68. The first kappa shape index (κ1) is 16.8. The maximum atomic E-state index is 11.0. The topological polar surface area (TPSA) is 74.2 Å². The number of hydrogen-bond acceptors (Lipinski definition) is 6. The van der Waals surface area contributed by atoms with Crippen LogP contribution in [-0.2, 0) is 4.74 Å². The minimum Gasteiger partial charge on any atom is -0.478 e. The molecule has 0 atom stereocenters. The van der Waals surface area contributed by atoms with Crippen LogP contribution in [0, 0.1) is 0 Å². The maximum absolute atomic E-state index is 11.0. The van der Waals surface area contributed by atoms with Crippen LogP contribution in [0.15, 0.2) is 35.4 Å². The molecule has 2 aromatic rings. The SMILES string of the molecule is O=C(O)c1ccc(Cl)c(N/N=C\c2ccc(N3CCOCC3)s2)c1. The summed E-state index contributed by atoms with van der Waals surface area (Å²) in [7, 11) is 0. The van der Waals surface area contributed by atoms with E-state index in [4.69, 9.17) is 21.4 Å². The van der Waals surface area contributed by atoms with E-state index in [1.807, 2.05) is 6.07 Å². The minimum absolute atomic E-state index is 0.155. The van der Waals surface area contributed by atoms with E-state index in [0.29, 0.717) is 10.7 Å². The quantitative estimate of drug-likeness (QED) is 0.627. The van der Waals surface area contributed by atoms with Gasteiger partial charge in [-0.3, -0.25) is 5.43 Å². The fourth-order valence-corrected chi connectivity index (χ4v) is 3.37. The van der Waals surface area contributed by atoms with Gasteiger partial charge in [-0.15, -0.1) is 11.3 Å². The summed E-state index contributed by atoms with van der Waals surface area (Å²) in [6, 6.07) is 8.50. The normalized spacial score (nSPS) is 15.0. The molecular weight excluding hydrogens is 350 g/mol. The van der Waals surface area contributed by atoms with Crippen molar-refractivity contribution in [1.29, 1.82) is 0 Å². The third-order valence-electron chi connectivity index (χ3n) is 3.53. The first-order chi connectivity index (χ1) is 11.6. The molecule has 8 heteroatoms. The van der Waals surface area contributed by atoms with Gasteiger partial charge in [0.25, 0.3) is 0 Å². The average molecular weight is 366 g/mol. The lowest BCUT2D eigenvalue weighted by molar-refractivity contribution is 0.0697. The number of ether oxygens (including phenoxy) is 1. The maximum Gasteiger partial charge on any atom is 0.335 e. The molecule has 2 heterocycles. The van der Waals surface area contributed by atoms with Crippen molar-refractivity contribution in [3.05, 3.63) is 45.8 Å². The molecule has 0 radical (unpaired) electrons. The molecule has 6 nitrogen and oxygen atoms in total. The Kier molecular flexibility index (Phi) is 5.34. The molecule has 126 valence electrons. The Morgan fingerprint density at radius 3 is 2.88 bits per heavy atom. The van der Waals surface area contributed by atoms with Crippen LogP contribution < -0.4 is 10.3 Å². The van der Waals surface area contributed by atoms with Crippen molar-refractivity contribution in [1.82, 2.24) is 0 Å². The second-order valence-corrected chi connectivity index (χ2v) is 6.65. The van der Waals surface area contributed by atoms with Gasteiger partial charge in [-0.25, -0.2) is 4.79 Å². The predicted octanol–water partition coefficient (Wildman–Crippen LogP) is 3.38. The molecule has 1 aliphatic rings. The zero-order valence-electron chi connectivity index (χ0n) is 12.7. The van der Waals surface area contributed by atoms with E-state index in [9.17, 15) is 4.79 Å². The van der Waals surface area contributed by atoms with Gasteiger partial charge >= 0.3 is 5.97 Å². The van der Waals surface area contributed by atoms with Gasteiger partial charge in [-0.2, -0.15) is 5.10 Å². The summed E-state index contributed by atoms with van der Waals surface area (Å²) in [6.45, 7) is 3.29. The number of halogens is 1. The Balaban J connectivity index is 1.65. The van der Waals surface area contributed by atoms with Gasteiger partial charge in [0.15, 0.2) is 0 Å². The van der Waals surface area contributed by atoms with Crippen molar-refractivity contribution in [2.45, 2.75) is 0 Å². The van der Waals surface area contributed by atoms with Crippen molar-refractivity contribution < 1.29 is 14.6 Å². The van der Waals surface area contributed by atoms with E-state index in [-0.39, 0.29) is 5.56 Å². The summed E-state index contributed by atoms with van der Waals surface area (Å²) in [4.78, 5) is 14.3. The number of thiophene rings is 1. The molecule has 0 unspecified atom stereocenters. The molecule has 1 fully saturated rings. The Morgan fingerprint density at radius 1 is 1.33 bits per heavy atom. The molecule has 0 saturated carbocycles. The van der Waals surface area contributed by atoms with E-state index in [1.54, 1.807) is 17.6 Å². The number of rotatable bonds is 5. The van der Waals surface area contributed by atoms with Crippen LogP contribution in [-0.4, -0.2) is 43.6 Å². The molecular formula is C16H16ClN3O3S. The monoisotopic (exact) mass is 365 g/mol. The van der Waals surface area contributed by atoms with E-state index in [1.165, 1.54) is 23.2 Å². The average Bonchev–Trinajstić information content (AvgIpc) is 3.06. The fraction of sp³-hybridized carbons (Fsp3) is 0.250. The highest BCUT2D eigenvalue weighted by molar-refractivity contribution is 7.17. The Hall–Kier alpha value is -2.09. The fourth-order valence-electron chi connectivity index (χ4n) is 2.27. The zero-order valence-corrected chi connectivity index (χ0v) is 14.3. The van der Waals surface area contributed by atoms with Crippen LogP contribution in [0.5, 0.6) is 0 Å². The molecule has 0 aliphatic carbocycles. The molecule has 0 amide bonds. The van der Waals surface area contributed by atoms with E-state index >= 15 is 0 Å². The first-order valence-corrected chi connectivity index (χ1v) is 8.57. The number of nitrogens with one attached hydrogen (secondary N) is 1. The van der Waals surface area contributed by atoms with Gasteiger partial charge in [0.05, 0.1) is 40.7 Å². The van der Waals surface area contributed by atoms with E-state index in [2.05, 4.69) is 21.5 Å². The summed E-state index contributed by atoms with van der Waals surface area (Å²) in [5.41, 5.74) is 3.40. The number of carbonyl (C=O) groups is 1. The summed E-state index contributed by atoms with van der Waals surface area (Å²) in [5, 5.41) is 14.8. The number of morpholine rings is 1. The number of carboxylic acids is 1. The van der Waals surface area contributed by atoms with Gasteiger partial charge in [0.1, 0.15) is 0 Å². The standard InChI is InChI=1S/C16H16ClN3O3S/c17-13-3-1-11(16(21)22)9-14(13)19-18-10-12-2-4-15(24-12)20-5-7-23-8-6-20/h1-4,9-10,19H,5-8H2,(H,21,22)/b18-10-. The number of benzene rings is 1. The van der Waals surface area contributed by atoms with Crippen molar-refractivity contribution in [3.63, 3.8) is 0 Å². The number of aromatic carboxylic acids is 1. The minimum atomic E-state index is -1.01. The summed E-state index contributed by atoms with van der Waals surface area (Å²) < 4.78 is 5.35. The Morgan fingerprint density at radius 2 is 2.12 bits per heavy atom. The third-order valence-corrected chi connectivity index (χ3v) is 4.94. The van der Waals surface area contributed by atoms with Crippen molar-refractivity contribution in [2.24, 2.45) is 5.10 Å². The largest absolute Gasteiger partial charge is 0.478 e. The Bertz CT molecular complexity index is 757. The molecule has 1 saturated heterocycles. The number of carboxylic acid groups (broad SMARTS) is 1. The molecule has 2 N–H and O–H groups in total. The number of nitrogens with zero attached hydrogens (tertiary/aromatic N) is 2. The Labute approximate surface area is 148 Å². The van der Waals surface area contributed by atoms with Gasteiger partial charge in [-0.1, -0.05) is 11.6 Å². The van der Waals surface area contributed by atoms with Crippen LogP contribution in [0.1, 0.15) is 15.2 Å². The summed E-state index contributed by atoms with van der Waals surface area (Å²) in [5.74, 6) is -1.01. The predicted molar refractivity (Wildman–Crippen MR) is 97.0 cm³/mol. The van der Waals surface area contributed by atoms with Crippen molar-refractivity contribution in [3.8, 4) is 0 Å². The number of anilines is 2. The van der Waals surface area contributed by atoms with E-state index < -0.39 is 5.97 Å². The smallest absolute Gasteiger partial charge is 0.335 e. The van der Waals surface area contributed by atoms with Crippen molar-refractivity contribution in [2.75, 3.05) is 36.6 Å². The molecule has 1 aromatic carbocycles. The molecule has 24 heavy (non-hydrogen) atoms. The van der Waals surface area contributed by atoms with Crippen LogP contribution in [0.25, 0.3) is 0 Å². The van der Waals surface area contributed by atoms with Crippen molar-refractivity contribution >= 4 is 45.8 Å². The van der Waals surface area contributed by atoms with Crippen LogP contribution >= 0.6 is 22.9 Å². The van der Waals surface area contributed by atoms with Crippen LogP contribution in [0.4, 0.5) is 10.7 Å². The highest BCUT2D eigenvalue weighted by Crippen LogP contribution is 2.26. The van der Waals surface area contributed by atoms with Crippen LogP contribution in [0.3, 0.4) is 0 Å². The first-order valence-electron chi connectivity index (χ1n) is 7.38. The lowest BCUT2D eigenvalue weighted by Gasteiger charge is -2.27. The van der Waals surface area contributed by atoms with Crippen LogP contribution in [0.2, 0.25) is 5.02 Å². The third kappa shape index (κ3) is 4.05. The summed E-state index contributed by atoms with van der Waals surface area (Å²) in [6.07, 6.45) is 1.69. The second-order valence-electron chi connectivity index (χ2n) is 5.15. The molecule has 1 aliphatic heterocycles. The highest BCUT2D eigenvalue weighted by atomic mass is 35.5. The molecule has 0 bridgehead atoms. The molecule has 0 spiro atoms. The number of hydrogen-bond donors (Lipinski definition) is 2. The van der Waals surface area contributed by atoms with E-state index in [0.717, 1.165) is 31.2 Å². The number of hydrazone groups is 1. The lowest BCUT2D eigenvalue weighted by Crippen LogP contribution is -2.35. The van der Waals surface area contributed by atoms with Gasteiger partial charge in [-0.05, 0) is 30.3 Å². The van der Waals surface area contributed by atoms with Gasteiger partial charge in [0.2, 0.25) is 0 Å². The zero-order chi connectivity index (χ0) is 16.9. The molecule has 3 rings (SSSR count). The lowest BCUT2D eigenvalue weighted by atomic mass is 10.2.